The molecule has 8 aliphatic heterocycles. The zero-order valence-electron chi connectivity index (χ0n) is 66.3. The van der Waals surface area contributed by atoms with E-state index in [-0.39, 0.29) is 84.8 Å². The van der Waals surface area contributed by atoms with Crippen LogP contribution in [-0.2, 0) is 77.5 Å². The van der Waals surface area contributed by atoms with Gasteiger partial charge in [-0.2, -0.15) is 18.3 Å². The number of ether oxygens (including phenoxy) is 5. The highest BCUT2D eigenvalue weighted by Crippen LogP contribution is 2.40. The zero-order valence-corrected chi connectivity index (χ0v) is 70.4. The number of amidine groups is 4. The number of fused-ring (bicyclic) bond motifs is 5. The third kappa shape index (κ3) is 20.4. The van der Waals surface area contributed by atoms with Gasteiger partial charge in [-0.3, -0.25) is 20.0 Å². The average Bonchev–Trinajstić information content (AvgIpc) is 1.63. The largest absolute Gasteiger partial charge is 0.487 e. The number of aromatic nitrogens is 19. The Labute approximate surface area is 714 Å². The Morgan fingerprint density at radius 2 is 0.918 bits per heavy atom. The van der Waals surface area contributed by atoms with E-state index < -0.39 is 103 Å². The van der Waals surface area contributed by atoms with Crippen LogP contribution in [0.5, 0.6) is 5.75 Å². The summed E-state index contributed by atoms with van der Waals surface area (Å²) in [5.74, 6) is 1.58. The van der Waals surface area contributed by atoms with Crippen molar-refractivity contribution in [3.63, 3.8) is 0 Å². The van der Waals surface area contributed by atoms with Gasteiger partial charge in [0, 0.05) is 38.6 Å². The van der Waals surface area contributed by atoms with Crippen molar-refractivity contribution in [2.45, 2.75) is 219 Å². The number of imidazole rings is 2. The molecule has 0 saturated carbocycles. The lowest BCUT2D eigenvalue weighted by atomic mass is 9.98. The number of nitrogens with one attached hydrogen (secondary N) is 4. The fourth-order valence-corrected chi connectivity index (χ4v) is 20.1. The van der Waals surface area contributed by atoms with Crippen molar-refractivity contribution in [2.75, 3.05) is 26.2 Å². The second-order valence-electron chi connectivity index (χ2n) is 29.1. The third-order valence-electron chi connectivity index (χ3n) is 20.4. The fraction of sp³-hybridized carbons (Fsp3) is 0.534. The number of alkyl halides is 3. The summed E-state index contributed by atoms with van der Waals surface area (Å²) in [7, 11) is 0. The van der Waals surface area contributed by atoms with E-state index in [1.165, 1.54) is 88.3 Å². The number of aliphatic hydroxyl groups is 8. The van der Waals surface area contributed by atoms with Gasteiger partial charge in [0.25, 0.3) is 0 Å². The number of thiophene rings is 1. The van der Waals surface area contributed by atoms with Crippen molar-refractivity contribution in [3.05, 3.63) is 149 Å². The van der Waals surface area contributed by atoms with Gasteiger partial charge in [-0.15, -0.1) is 31.7 Å². The molecule has 8 fully saturated rings. The smallest absolute Gasteiger partial charge is 0.449 e. The molecule has 16 heterocycles. The molecule has 10 aromatic rings. The number of para-hydroxylation sites is 2. The topological polar surface area (TPSA) is 495 Å². The van der Waals surface area contributed by atoms with Crippen LogP contribution in [0.2, 0.25) is 0 Å². The molecule has 49 heteroatoms. The van der Waals surface area contributed by atoms with Gasteiger partial charge in [0.2, 0.25) is 5.82 Å². The highest BCUT2D eigenvalue weighted by atomic mass is 32.2. The van der Waals surface area contributed by atoms with Gasteiger partial charge in [0.15, 0.2) is 20.7 Å². The van der Waals surface area contributed by atoms with E-state index in [2.05, 4.69) is 103 Å². The molecule has 0 amide bonds. The minimum absolute atomic E-state index is 0.0616. The normalized spacial score (nSPS) is 29.7. The molecule has 0 spiro atoms. The molecule has 8 aromatic heterocycles. The van der Waals surface area contributed by atoms with Gasteiger partial charge in [-0.25, -0.2) is 42.8 Å². The Hall–Kier alpha value is -9.16. The number of thioether (sulfide) groups is 4. The Bertz CT molecular complexity index is 5270. The molecule has 8 saturated heterocycles. The molecule has 0 aliphatic carbocycles. The van der Waals surface area contributed by atoms with Gasteiger partial charge < -0.3 is 94.9 Å². The predicted octanol–water partition coefficient (Wildman–Crippen LogP) is 1.59. The van der Waals surface area contributed by atoms with Crippen LogP contribution >= 0.6 is 58.4 Å². The first-order valence-electron chi connectivity index (χ1n) is 39.2. The van der Waals surface area contributed by atoms with Crippen LogP contribution in [0.25, 0.3) is 21.7 Å². The second-order valence-corrected chi connectivity index (χ2v) is 34.4. The lowest BCUT2D eigenvalue weighted by Crippen LogP contribution is -2.59. The number of hydrogen-bond acceptors (Lipinski definition) is 34. The summed E-state index contributed by atoms with van der Waals surface area (Å²) < 4.78 is 94.2. The molecule has 2 aromatic carbocycles. The van der Waals surface area contributed by atoms with E-state index >= 15 is 0 Å². The Morgan fingerprint density at radius 3 is 1.33 bits per heavy atom. The predicted molar refractivity (Wildman–Crippen MR) is 441 cm³/mol. The minimum Gasteiger partial charge on any atom is -0.487 e. The van der Waals surface area contributed by atoms with E-state index in [1.807, 2.05) is 76.0 Å². The van der Waals surface area contributed by atoms with Crippen LogP contribution in [-0.4, -0.2) is 301 Å². The fourth-order valence-electron chi connectivity index (χ4n) is 14.5. The standard InChI is InChI=1S/C20H22F3N7O3S.C19H23N7O3S2.C18H22FN5O4S.C16H24N8O3S/c1-2-24-19-26-14-16(32)15(31)13(33-17(14)34-19)9-29-7-10(27-28-29)8-30-12-6-4-3-5-11(12)25-18(30)20(21,22)23;1-2-20-19-22-14-16(28)15(27)12(29-18(14)31-19)10-26-9-11(23-24-26)8-25-6-5-21-17(25)13-4-3-7-30-13;1-2-20-18-21-14-16(26)15(25)13(28-17(14)29-18)8-24-7-11(22-23-24)9-27-12-5-3-10(19)4-6-12;1-4-17-16-19-12-14(26)13(25)11(27-15(12)28-16)7-23-5-10(20-22-23)6-24-9(3)18-8(2)21-24/h3-7,13-17,31-32H,2,8-9H2,1H3,(H,24,26);3-7,9,12,14-16,18,27-28H,2,8,10H2,1H3,(H,20,22);3-7,13-17,25-26H,2,8-9H2,1H3,(H,20,21);5,11-15,25-26H,4,6-7H2,1-3H3,(H,17,19)/t13-,14-,15-,16-,17-;12-,14-,15-,16-,18-;13-,14-,15-,16-,17-;11-,12-,13-,14-,15-/m1111/s1. The summed E-state index contributed by atoms with van der Waals surface area (Å²) in [6.07, 6.45) is -5.12. The quantitative estimate of drug-likeness (QED) is 0.0429. The molecule has 0 radical (unpaired) electrons. The van der Waals surface area contributed by atoms with Gasteiger partial charge in [0.05, 0.1) is 111 Å². The SMILES string of the molecule is CCN=C1N[C@@H]2[C@@H](O)[C@H](O)[C@@H](Cn3cc(COc4ccc(F)cc4)nn3)O[C@@H]2S1.CCN=C1N[C@@H]2[C@@H](O)[C@H](O)[C@@H](Cn3cc(Cn4c(C(F)(F)F)nc5ccccc54)nn3)O[C@@H]2S1.CCN=C1N[C@@H]2[C@@H](O)[C@H](O)[C@@H](Cn3cc(Cn4ccnc4-c4cccs4)nn3)O[C@@H]2S1.CCN=C1N[C@@H]2[C@@H](O)[C@H](O)[C@@H](Cn3cc(Cn4nc(C)nc4C)nn3)O[C@@H]2S1. The molecule has 654 valence electrons. The Morgan fingerprint density at radius 1 is 0.500 bits per heavy atom. The van der Waals surface area contributed by atoms with E-state index in [9.17, 15) is 58.4 Å². The van der Waals surface area contributed by atoms with Crippen LogP contribution < -0.4 is 26.0 Å². The molecule has 18 rings (SSSR count). The average molecular weight is 1790 g/mol. The Balaban J connectivity index is 0.000000127. The maximum absolute atomic E-state index is 13.6. The van der Waals surface area contributed by atoms with Gasteiger partial charge >= 0.3 is 6.18 Å². The zero-order chi connectivity index (χ0) is 85.6. The molecule has 12 N–H and O–H groups in total. The lowest BCUT2D eigenvalue weighted by molar-refractivity contribution is -0.160. The number of benzene rings is 2. The molecule has 0 unspecified atom stereocenters. The molecule has 122 heavy (non-hydrogen) atoms. The molecule has 40 nitrogen and oxygen atoms in total. The van der Waals surface area contributed by atoms with Crippen LogP contribution in [0.4, 0.5) is 17.6 Å². The van der Waals surface area contributed by atoms with E-state index in [1.54, 1.807) is 66.9 Å². The van der Waals surface area contributed by atoms with Crippen molar-refractivity contribution in [1.82, 2.24) is 115 Å². The second kappa shape index (κ2) is 38.9. The number of rotatable bonds is 22. The summed E-state index contributed by atoms with van der Waals surface area (Å²) in [6.45, 7) is 15.7. The third-order valence-corrected chi connectivity index (χ3v) is 25.7. The van der Waals surface area contributed by atoms with Crippen LogP contribution in [0.1, 0.15) is 67.9 Å². The molecular weight excluding hydrogens is 1700 g/mol. The monoisotopic (exact) mass is 1790 g/mol. The van der Waals surface area contributed by atoms with Crippen molar-refractivity contribution in [1.29, 1.82) is 0 Å². The molecule has 8 aliphatic rings. The van der Waals surface area contributed by atoms with Crippen LogP contribution in [0, 0.1) is 19.7 Å². The number of aryl methyl sites for hydroxylation is 2. The highest BCUT2D eigenvalue weighted by Gasteiger charge is 2.53. The number of aliphatic hydroxyl groups excluding tert-OH is 8. The highest BCUT2D eigenvalue weighted by molar-refractivity contribution is 8.15. The summed E-state index contributed by atoms with van der Waals surface area (Å²) in [6, 6.07) is 14.4. The van der Waals surface area contributed by atoms with Crippen molar-refractivity contribution >= 4 is 90.1 Å². The van der Waals surface area contributed by atoms with Crippen molar-refractivity contribution in [2.24, 2.45) is 20.0 Å². The van der Waals surface area contributed by atoms with Gasteiger partial charge in [0.1, 0.15) is 153 Å². The number of nitrogens with zero attached hydrogens (tertiary/aromatic N) is 23. The van der Waals surface area contributed by atoms with Crippen molar-refractivity contribution < 1.29 is 82.1 Å². The number of aliphatic imine (C=N–C) groups is 4. The van der Waals surface area contributed by atoms with E-state index in [0.29, 0.717) is 72.4 Å². The maximum Gasteiger partial charge on any atom is 0.449 e. The van der Waals surface area contributed by atoms with E-state index in [0.717, 1.165) is 42.8 Å². The number of halogens is 4. The van der Waals surface area contributed by atoms with Crippen molar-refractivity contribution in [3.8, 4) is 16.5 Å². The summed E-state index contributed by atoms with van der Waals surface area (Å²) in [4.78, 5) is 30.8. The molecular formula is C73H91F4N27O13S5. The number of hydrogen-bond donors (Lipinski definition) is 12. The van der Waals surface area contributed by atoms with Gasteiger partial charge in [-0.05, 0) is 89.4 Å². The lowest BCUT2D eigenvalue weighted by Gasteiger charge is -2.38. The summed E-state index contributed by atoms with van der Waals surface area (Å²) in [5, 5.41) is 139. The van der Waals surface area contributed by atoms with Gasteiger partial charge in [-0.1, -0.05) is 86.1 Å². The molecule has 20 atom stereocenters. The van der Waals surface area contributed by atoms with Crippen LogP contribution in [0.3, 0.4) is 0 Å². The molecule has 0 bridgehead atoms. The first-order valence-corrected chi connectivity index (χ1v) is 43.6. The first kappa shape index (κ1) is 87.7. The van der Waals surface area contributed by atoms with Crippen LogP contribution in [0.15, 0.2) is 123 Å². The first-order chi connectivity index (χ1) is 58.8. The van der Waals surface area contributed by atoms with E-state index in [4.69, 9.17) is 23.7 Å². The summed E-state index contributed by atoms with van der Waals surface area (Å²) >= 11 is 7.25. The maximum atomic E-state index is 13.6. The summed E-state index contributed by atoms with van der Waals surface area (Å²) in [5.41, 5.74) is 1.53. The Kier molecular flexibility index (Phi) is 28.0. The minimum atomic E-state index is -4.63.